The van der Waals surface area contributed by atoms with Crippen molar-refractivity contribution in [1.29, 1.82) is 0 Å². The van der Waals surface area contributed by atoms with E-state index in [1.165, 1.54) is 0 Å². The monoisotopic (exact) mass is 275 g/mol. The van der Waals surface area contributed by atoms with Crippen molar-refractivity contribution in [2.75, 3.05) is 20.2 Å². The predicted octanol–water partition coefficient (Wildman–Crippen LogP) is 2.52. The molecule has 5 nitrogen and oxygen atoms in total. The highest BCUT2D eigenvalue weighted by Gasteiger charge is 2.21. The van der Waals surface area contributed by atoms with Crippen LogP contribution in [0.5, 0.6) is 0 Å². The zero-order chi connectivity index (χ0) is 14.4. The number of nitrogens with one attached hydrogen (secondary N) is 1. The van der Waals surface area contributed by atoms with E-state index in [1.807, 2.05) is 30.3 Å². The fourth-order valence-electron chi connectivity index (χ4n) is 2.02. The summed E-state index contributed by atoms with van der Waals surface area (Å²) in [6, 6.07) is 9.89. The van der Waals surface area contributed by atoms with Crippen molar-refractivity contribution in [2.24, 2.45) is 0 Å². The van der Waals surface area contributed by atoms with E-state index in [4.69, 9.17) is 9.26 Å². The topological polar surface area (TPSA) is 60.2 Å². The Bertz CT molecular complexity index is 513. The standard InChI is InChI=1S/C15H21N3O2/c1-4-16-10-11(2)15-17-14(18-20-15)13(19-3)12-8-6-5-7-9-12/h5-9,11,13,16H,4,10H2,1-3H3. The highest BCUT2D eigenvalue weighted by Crippen LogP contribution is 2.24. The van der Waals surface area contributed by atoms with Gasteiger partial charge in [-0.05, 0) is 12.1 Å². The van der Waals surface area contributed by atoms with Crippen LogP contribution in [0.3, 0.4) is 0 Å². The molecule has 0 saturated carbocycles. The number of hydrogen-bond acceptors (Lipinski definition) is 5. The molecule has 2 unspecified atom stereocenters. The lowest BCUT2D eigenvalue weighted by molar-refractivity contribution is 0.126. The van der Waals surface area contributed by atoms with E-state index in [9.17, 15) is 0 Å². The molecule has 0 spiro atoms. The second kappa shape index (κ2) is 7.17. The number of nitrogens with zero attached hydrogens (tertiary/aromatic N) is 2. The summed E-state index contributed by atoms with van der Waals surface area (Å²) in [5.74, 6) is 1.39. The molecule has 0 saturated heterocycles. The van der Waals surface area contributed by atoms with E-state index in [-0.39, 0.29) is 12.0 Å². The quantitative estimate of drug-likeness (QED) is 0.841. The van der Waals surface area contributed by atoms with E-state index in [0.29, 0.717) is 11.7 Å². The Morgan fingerprint density at radius 1 is 1.30 bits per heavy atom. The normalized spacial score (nSPS) is 14.2. The minimum Gasteiger partial charge on any atom is -0.369 e. The minimum atomic E-state index is -0.292. The Kier molecular flexibility index (Phi) is 5.26. The van der Waals surface area contributed by atoms with E-state index >= 15 is 0 Å². The molecule has 0 fully saturated rings. The maximum Gasteiger partial charge on any atom is 0.230 e. The van der Waals surface area contributed by atoms with Crippen molar-refractivity contribution in [3.05, 3.63) is 47.6 Å². The molecule has 1 aromatic carbocycles. The van der Waals surface area contributed by atoms with Crippen LogP contribution in [0.2, 0.25) is 0 Å². The van der Waals surface area contributed by atoms with Gasteiger partial charge in [0, 0.05) is 19.6 Å². The first-order valence-electron chi connectivity index (χ1n) is 6.88. The summed E-state index contributed by atoms with van der Waals surface area (Å²) in [7, 11) is 1.65. The second-order valence-electron chi connectivity index (χ2n) is 4.73. The minimum absolute atomic E-state index is 0.185. The molecule has 2 atom stereocenters. The van der Waals surface area contributed by atoms with Crippen LogP contribution >= 0.6 is 0 Å². The van der Waals surface area contributed by atoms with Gasteiger partial charge in [-0.25, -0.2) is 0 Å². The van der Waals surface area contributed by atoms with Crippen LogP contribution in [-0.2, 0) is 4.74 Å². The van der Waals surface area contributed by atoms with Crippen molar-refractivity contribution < 1.29 is 9.26 Å². The number of aromatic nitrogens is 2. The third-order valence-corrected chi connectivity index (χ3v) is 3.15. The smallest absolute Gasteiger partial charge is 0.230 e. The van der Waals surface area contributed by atoms with Crippen LogP contribution < -0.4 is 5.32 Å². The predicted molar refractivity (Wildman–Crippen MR) is 76.6 cm³/mol. The molecule has 0 amide bonds. The summed E-state index contributed by atoms with van der Waals surface area (Å²) in [4.78, 5) is 4.47. The van der Waals surface area contributed by atoms with E-state index in [1.54, 1.807) is 7.11 Å². The maximum atomic E-state index is 5.50. The largest absolute Gasteiger partial charge is 0.369 e. The molecule has 5 heteroatoms. The number of hydrogen-bond donors (Lipinski definition) is 1. The summed E-state index contributed by atoms with van der Waals surface area (Å²) in [5.41, 5.74) is 1.02. The summed E-state index contributed by atoms with van der Waals surface area (Å²) < 4.78 is 10.8. The van der Waals surface area contributed by atoms with Gasteiger partial charge in [-0.2, -0.15) is 4.98 Å². The van der Waals surface area contributed by atoms with Gasteiger partial charge in [-0.15, -0.1) is 0 Å². The van der Waals surface area contributed by atoms with Crippen molar-refractivity contribution >= 4 is 0 Å². The average molecular weight is 275 g/mol. The Hall–Kier alpha value is -1.72. The van der Waals surface area contributed by atoms with Gasteiger partial charge < -0.3 is 14.6 Å². The van der Waals surface area contributed by atoms with E-state index in [2.05, 4.69) is 29.3 Å². The Labute approximate surface area is 119 Å². The SMILES string of the molecule is CCNCC(C)c1nc(C(OC)c2ccccc2)no1. The Morgan fingerprint density at radius 3 is 2.70 bits per heavy atom. The summed E-state index contributed by atoms with van der Waals surface area (Å²) in [5, 5.41) is 7.33. The fraction of sp³-hybridized carbons (Fsp3) is 0.467. The molecule has 0 bridgehead atoms. The first-order chi connectivity index (χ1) is 9.76. The molecule has 20 heavy (non-hydrogen) atoms. The van der Waals surface area contributed by atoms with Gasteiger partial charge in [-0.3, -0.25) is 0 Å². The van der Waals surface area contributed by atoms with Gasteiger partial charge >= 0.3 is 0 Å². The van der Waals surface area contributed by atoms with Crippen molar-refractivity contribution in [2.45, 2.75) is 25.9 Å². The molecule has 0 aliphatic rings. The van der Waals surface area contributed by atoms with Gasteiger partial charge in [0.2, 0.25) is 11.7 Å². The number of ether oxygens (including phenoxy) is 1. The lowest BCUT2D eigenvalue weighted by Gasteiger charge is -2.11. The van der Waals surface area contributed by atoms with Gasteiger partial charge in [0.1, 0.15) is 6.10 Å². The van der Waals surface area contributed by atoms with Crippen LogP contribution in [0.25, 0.3) is 0 Å². The zero-order valence-electron chi connectivity index (χ0n) is 12.2. The first-order valence-corrected chi connectivity index (χ1v) is 6.88. The number of rotatable bonds is 7. The fourth-order valence-corrected chi connectivity index (χ4v) is 2.02. The lowest BCUT2D eigenvalue weighted by atomic mass is 10.1. The van der Waals surface area contributed by atoms with E-state index in [0.717, 1.165) is 18.7 Å². The summed E-state index contributed by atoms with van der Waals surface area (Å²) in [6.07, 6.45) is -0.292. The van der Waals surface area contributed by atoms with Gasteiger partial charge in [-0.1, -0.05) is 49.3 Å². The number of likely N-dealkylation sites (N-methyl/N-ethyl adjacent to an activating group) is 1. The number of benzene rings is 1. The molecule has 1 aromatic heterocycles. The molecule has 108 valence electrons. The van der Waals surface area contributed by atoms with Crippen molar-refractivity contribution in [1.82, 2.24) is 15.5 Å². The van der Waals surface area contributed by atoms with Gasteiger partial charge in [0.25, 0.3) is 0 Å². The summed E-state index contributed by atoms with van der Waals surface area (Å²) in [6.45, 7) is 5.88. The molecule has 2 rings (SSSR count). The van der Waals surface area contributed by atoms with Gasteiger partial charge in [0.15, 0.2) is 0 Å². The first kappa shape index (κ1) is 14.7. The third kappa shape index (κ3) is 3.43. The molecular weight excluding hydrogens is 254 g/mol. The van der Waals surface area contributed by atoms with E-state index < -0.39 is 0 Å². The highest BCUT2D eigenvalue weighted by atomic mass is 16.5. The zero-order valence-corrected chi connectivity index (χ0v) is 12.2. The molecule has 0 aliphatic heterocycles. The van der Waals surface area contributed by atoms with Crippen LogP contribution in [0, 0.1) is 0 Å². The lowest BCUT2D eigenvalue weighted by Crippen LogP contribution is -2.19. The average Bonchev–Trinajstić information content (AvgIpc) is 2.96. The van der Waals surface area contributed by atoms with Gasteiger partial charge in [0.05, 0.1) is 0 Å². The van der Waals surface area contributed by atoms with Crippen LogP contribution in [0.4, 0.5) is 0 Å². The number of methoxy groups -OCH3 is 1. The van der Waals surface area contributed by atoms with Crippen LogP contribution in [-0.4, -0.2) is 30.3 Å². The van der Waals surface area contributed by atoms with Crippen LogP contribution in [0.15, 0.2) is 34.9 Å². The molecule has 0 aliphatic carbocycles. The summed E-state index contributed by atoms with van der Waals surface area (Å²) >= 11 is 0. The Morgan fingerprint density at radius 2 is 2.05 bits per heavy atom. The van der Waals surface area contributed by atoms with Crippen molar-refractivity contribution in [3.8, 4) is 0 Å². The van der Waals surface area contributed by atoms with Crippen LogP contribution in [0.1, 0.15) is 43.1 Å². The maximum absolute atomic E-state index is 5.50. The molecule has 1 N–H and O–H groups in total. The molecule has 1 heterocycles. The Balaban J connectivity index is 2.14. The molecule has 0 radical (unpaired) electrons. The molecule has 2 aromatic rings. The third-order valence-electron chi connectivity index (χ3n) is 3.15. The molecular formula is C15H21N3O2. The second-order valence-corrected chi connectivity index (χ2v) is 4.73. The van der Waals surface area contributed by atoms with Crippen molar-refractivity contribution in [3.63, 3.8) is 0 Å². The highest BCUT2D eigenvalue weighted by molar-refractivity contribution is 5.22.